The van der Waals surface area contributed by atoms with Crippen molar-refractivity contribution in [2.24, 2.45) is 5.92 Å². The van der Waals surface area contributed by atoms with E-state index < -0.39 is 28.1 Å². The predicted molar refractivity (Wildman–Crippen MR) is 177 cm³/mol. The molecular formula is C34H38N4O7S. The average Bonchev–Trinajstić information content (AvgIpc) is 3.06. The van der Waals surface area contributed by atoms with Gasteiger partial charge >= 0.3 is 6.03 Å². The molecule has 12 heteroatoms. The molecule has 0 saturated carbocycles. The number of likely N-dealkylation sites (N-methyl/N-ethyl adjacent to an activating group) is 1. The third-order valence-electron chi connectivity index (χ3n) is 8.12. The van der Waals surface area contributed by atoms with Gasteiger partial charge in [0, 0.05) is 30.6 Å². The van der Waals surface area contributed by atoms with Gasteiger partial charge in [-0.1, -0.05) is 43.3 Å². The minimum absolute atomic E-state index is 0.0249. The van der Waals surface area contributed by atoms with Crippen molar-refractivity contribution in [2.75, 3.05) is 43.9 Å². The number of carbonyl (C=O) groups is 2. The molecule has 4 aromatic rings. The Kier molecular flexibility index (Phi) is 9.68. The Morgan fingerprint density at radius 1 is 1.09 bits per heavy atom. The van der Waals surface area contributed by atoms with E-state index in [9.17, 15) is 23.1 Å². The largest absolute Gasteiger partial charge is 0.497 e. The van der Waals surface area contributed by atoms with E-state index in [1.165, 1.54) is 36.3 Å². The van der Waals surface area contributed by atoms with E-state index in [4.69, 9.17) is 9.47 Å². The number of urea groups is 1. The van der Waals surface area contributed by atoms with Gasteiger partial charge in [-0.05, 0) is 60.8 Å². The number of fused-ring (bicyclic) bond motifs is 2. The number of carbonyl (C=O) groups excluding carboxylic acids is 2. The Bertz CT molecular complexity index is 1830. The molecule has 3 atom stereocenters. The first kappa shape index (κ1) is 32.6. The van der Waals surface area contributed by atoms with Crippen LogP contribution in [0.3, 0.4) is 0 Å². The Labute approximate surface area is 268 Å². The molecule has 46 heavy (non-hydrogen) atoms. The summed E-state index contributed by atoms with van der Waals surface area (Å²) in [7, 11) is -0.817. The summed E-state index contributed by atoms with van der Waals surface area (Å²) in [6, 6.07) is 23.1. The number of aliphatic hydroxyl groups excluding tert-OH is 1. The van der Waals surface area contributed by atoms with Crippen molar-refractivity contribution in [1.82, 2.24) is 9.80 Å². The van der Waals surface area contributed by atoms with Crippen LogP contribution in [0.1, 0.15) is 24.2 Å². The van der Waals surface area contributed by atoms with E-state index in [0.29, 0.717) is 11.4 Å². The summed E-state index contributed by atoms with van der Waals surface area (Å²) in [6.07, 6.45) is -0.537. The molecule has 0 spiro atoms. The maximum absolute atomic E-state index is 13.8. The molecule has 242 valence electrons. The summed E-state index contributed by atoms with van der Waals surface area (Å²) in [5.74, 6) is 0.120. The number of amides is 3. The summed E-state index contributed by atoms with van der Waals surface area (Å²) in [6.45, 7) is 3.83. The number of methoxy groups -OCH3 is 1. The highest BCUT2D eigenvalue weighted by Gasteiger charge is 2.34. The first-order valence-corrected chi connectivity index (χ1v) is 16.4. The van der Waals surface area contributed by atoms with Gasteiger partial charge in [0.2, 0.25) is 0 Å². The number of nitrogens with one attached hydrogen (secondary N) is 2. The number of benzene rings is 4. The van der Waals surface area contributed by atoms with Crippen LogP contribution in [-0.4, -0.2) is 81.3 Å². The van der Waals surface area contributed by atoms with Crippen LogP contribution in [0.2, 0.25) is 0 Å². The first-order valence-electron chi connectivity index (χ1n) is 14.9. The summed E-state index contributed by atoms with van der Waals surface area (Å²) in [5.41, 5.74) is 0.986. The van der Waals surface area contributed by atoms with Gasteiger partial charge in [-0.25, -0.2) is 13.2 Å². The first-order chi connectivity index (χ1) is 22.0. The maximum Gasteiger partial charge on any atom is 0.321 e. The lowest BCUT2D eigenvalue weighted by Gasteiger charge is -2.38. The molecule has 0 unspecified atom stereocenters. The molecule has 4 aromatic carbocycles. The van der Waals surface area contributed by atoms with E-state index in [2.05, 4.69) is 10.0 Å². The van der Waals surface area contributed by atoms with Crippen molar-refractivity contribution in [2.45, 2.75) is 30.9 Å². The van der Waals surface area contributed by atoms with Crippen molar-refractivity contribution in [1.29, 1.82) is 0 Å². The minimum Gasteiger partial charge on any atom is -0.497 e. The molecule has 1 aliphatic rings. The lowest BCUT2D eigenvalue weighted by Crippen LogP contribution is -2.50. The number of rotatable bonds is 9. The predicted octanol–water partition coefficient (Wildman–Crippen LogP) is 5.03. The van der Waals surface area contributed by atoms with Gasteiger partial charge in [-0.15, -0.1) is 0 Å². The highest BCUT2D eigenvalue weighted by Crippen LogP contribution is 2.32. The van der Waals surface area contributed by atoms with E-state index in [1.54, 1.807) is 37.1 Å². The Morgan fingerprint density at radius 3 is 2.52 bits per heavy atom. The smallest absolute Gasteiger partial charge is 0.321 e. The van der Waals surface area contributed by atoms with E-state index in [-0.39, 0.29) is 53.5 Å². The van der Waals surface area contributed by atoms with Gasteiger partial charge in [-0.3, -0.25) is 9.52 Å². The molecule has 0 saturated heterocycles. The second-order valence-corrected chi connectivity index (χ2v) is 13.1. The summed E-state index contributed by atoms with van der Waals surface area (Å²) < 4.78 is 40.3. The van der Waals surface area contributed by atoms with Crippen molar-refractivity contribution >= 4 is 44.1 Å². The van der Waals surface area contributed by atoms with Gasteiger partial charge in [0.15, 0.2) is 0 Å². The number of aliphatic hydroxyl groups is 1. The Balaban J connectivity index is 1.40. The Hall–Kier alpha value is -4.81. The van der Waals surface area contributed by atoms with Crippen LogP contribution in [0.5, 0.6) is 11.5 Å². The number of anilines is 2. The van der Waals surface area contributed by atoms with Crippen molar-refractivity contribution in [3.05, 3.63) is 90.5 Å². The summed E-state index contributed by atoms with van der Waals surface area (Å²) in [5, 5.41) is 14.9. The second kappa shape index (κ2) is 13.7. The number of sulfonamides is 1. The standard InChI is InChI=1S/C34H38N4O7S/c1-22-19-38(23(2)21-39)33(40)29-18-25(36-46(42,43)27-15-13-26(44-4)14-16-27)12-17-31(29)45-32(22)20-37(3)34(41)35-30-11-7-9-24-8-5-6-10-28(24)30/h5-18,22-23,32,36,39H,19-21H2,1-4H3,(H,35,41)/t22-,23-,32-/m1/s1. The zero-order chi connectivity index (χ0) is 33.0. The van der Waals surface area contributed by atoms with E-state index >= 15 is 0 Å². The van der Waals surface area contributed by atoms with Crippen molar-refractivity contribution in [3.63, 3.8) is 0 Å². The highest BCUT2D eigenvalue weighted by molar-refractivity contribution is 7.92. The van der Waals surface area contributed by atoms with Gasteiger partial charge in [0.1, 0.15) is 17.6 Å². The van der Waals surface area contributed by atoms with Gasteiger partial charge in [-0.2, -0.15) is 0 Å². The third-order valence-corrected chi connectivity index (χ3v) is 9.52. The fraction of sp³-hybridized carbons (Fsp3) is 0.294. The lowest BCUT2D eigenvalue weighted by molar-refractivity contribution is 0.0371. The Morgan fingerprint density at radius 2 is 1.80 bits per heavy atom. The van der Waals surface area contributed by atoms with Gasteiger partial charge in [0.25, 0.3) is 15.9 Å². The normalized spacial score (nSPS) is 17.2. The van der Waals surface area contributed by atoms with Crippen LogP contribution in [-0.2, 0) is 10.0 Å². The fourth-order valence-electron chi connectivity index (χ4n) is 5.37. The number of nitrogens with zero attached hydrogens (tertiary/aromatic N) is 2. The average molecular weight is 647 g/mol. The topological polar surface area (TPSA) is 138 Å². The van der Waals surface area contributed by atoms with Crippen LogP contribution >= 0.6 is 0 Å². The van der Waals surface area contributed by atoms with Crippen LogP contribution in [0.15, 0.2) is 89.8 Å². The fourth-order valence-corrected chi connectivity index (χ4v) is 6.42. The minimum atomic E-state index is -3.98. The molecule has 3 amide bonds. The molecule has 0 fully saturated rings. The van der Waals surface area contributed by atoms with Crippen LogP contribution < -0.4 is 19.5 Å². The molecule has 0 aliphatic carbocycles. The number of hydrogen-bond donors (Lipinski definition) is 3. The molecule has 0 aromatic heterocycles. The van der Waals surface area contributed by atoms with Gasteiger partial charge in [0.05, 0.1) is 42.4 Å². The monoisotopic (exact) mass is 646 g/mol. The molecule has 1 heterocycles. The molecule has 3 N–H and O–H groups in total. The van der Waals surface area contributed by atoms with Gasteiger partial charge < -0.3 is 29.7 Å². The zero-order valence-electron chi connectivity index (χ0n) is 26.1. The van der Waals surface area contributed by atoms with Crippen LogP contribution in [0.25, 0.3) is 10.8 Å². The quantitative estimate of drug-likeness (QED) is 0.232. The maximum atomic E-state index is 13.8. The lowest BCUT2D eigenvalue weighted by atomic mass is 9.99. The molecular weight excluding hydrogens is 608 g/mol. The summed E-state index contributed by atoms with van der Waals surface area (Å²) in [4.78, 5) is 30.2. The molecule has 0 bridgehead atoms. The second-order valence-electron chi connectivity index (χ2n) is 11.5. The third kappa shape index (κ3) is 7.03. The van der Waals surface area contributed by atoms with Crippen LogP contribution in [0.4, 0.5) is 16.2 Å². The van der Waals surface area contributed by atoms with Crippen LogP contribution in [0, 0.1) is 5.92 Å². The number of ether oxygens (including phenoxy) is 2. The van der Waals surface area contributed by atoms with E-state index in [0.717, 1.165) is 10.8 Å². The number of hydrogen-bond acceptors (Lipinski definition) is 7. The zero-order valence-corrected chi connectivity index (χ0v) is 27.0. The highest BCUT2D eigenvalue weighted by atomic mass is 32.2. The van der Waals surface area contributed by atoms with Crippen molar-refractivity contribution in [3.8, 4) is 11.5 Å². The molecule has 1 aliphatic heterocycles. The SMILES string of the molecule is COc1ccc(S(=O)(=O)Nc2ccc3c(c2)C(=O)N([C@H](C)CO)C[C@@H](C)[C@@H](CN(C)C(=O)Nc2cccc4ccccc24)O3)cc1. The molecule has 0 radical (unpaired) electrons. The summed E-state index contributed by atoms with van der Waals surface area (Å²) >= 11 is 0. The van der Waals surface area contributed by atoms with Crippen molar-refractivity contribution < 1.29 is 32.6 Å². The molecule has 11 nitrogen and oxygen atoms in total. The van der Waals surface area contributed by atoms with E-state index in [1.807, 2.05) is 49.4 Å². The molecule has 5 rings (SSSR count).